The Morgan fingerprint density at radius 1 is 1.16 bits per heavy atom. The number of ether oxygens (including phenoxy) is 1. The number of piperidine rings is 1. The average molecular weight is 423 g/mol. The number of hydrogen-bond donors (Lipinski definition) is 1. The van der Waals surface area contributed by atoms with Crippen LogP contribution in [0.4, 0.5) is 0 Å². The van der Waals surface area contributed by atoms with Gasteiger partial charge in [0.25, 0.3) is 0 Å². The Bertz CT molecular complexity index is 864. The van der Waals surface area contributed by atoms with Gasteiger partial charge in [0.1, 0.15) is 5.75 Å². The number of hydrogen-bond acceptors (Lipinski definition) is 4. The SMILES string of the molecule is COc1cccc([C@@H]2C[C@H]2C(=O)N(C)CC2CCN(C[C@@H](O)c3ccccc3)CC2)c1. The first-order chi connectivity index (χ1) is 15.0. The van der Waals surface area contributed by atoms with Gasteiger partial charge < -0.3 is 19.6 Å². The lowest BCUT2D eigenvalue weighted by Crippen LogP contribution is -2.41. The number of carbonyl (C=O) groups excluding carboxylic acids is 1. The zero-order valence-electron chi connectivity index (χ0n) is 18.6. The highest BCUT2D eigenvalue weighted by molar-refractivity contribution is 5.82. The third-order valence-corrected chi connectivity index (χ3v) is 6.86. The van der Waals surface area contributed by atoms with E-state index in [4.69, 9.17) is 4.74 Å². The average Bonchev–Trinajstić information content (AvgIpc) is 3.61. The Kier molecular flexibility index (Phi) is 6.93. The Labute approximate surface area is 185 Å². The molecule has 2 aromatic rings. The molecule has 2 aromatic carbocycles. The Morgan fingerprint density at radius 3 is 2.61 bits per heavy atom. The number of rotatable bonds is 8. The Morgan fingerprint density at radius 2 is 1.90 bits per heavy atom. The van der Waals surface area contributed by atoms with Gasteiger partial charge in [-0.25, -0.2) is 0 Å². The highest BCUT2D eigenvalue weighted by atomic mass is 16.5. The fraction of sp³-hybridized carbons (Fsp3) is 0.500. The second-order valence-corrected chi connectivity index (χ2v) is 9.11. The molecule has 2 aliphatic rings. The standard InChI is InChI=1S/C26H34N2O3/c1-27(26(30)24-16-23(24)21-9-6-10-22(15-21)31-2)17-19-11-13-28(14-12-19)18-25(29)20-7-4-3-5-8-20/h3-10,15,19,23-25,29H,11-14,16-18H2,1-2H3/t23-,24+,25+/m0/s1. The van der Waals surface area contributed by atoms with E-state index < -0.39 is 6.10 Å². The molecule has 1 aliphatic carbocycles. The van der Waals surface area contributed by atoms with Crippen LogP contribution in [0, 0.1) is 11.8 Å². The number of carbonyl (C=O) groups is 1. The van der Waals surface area contributed by atoms with E-state index in [0.29, 0.717) is 18.4 Å². The smallest absolute Gasteiger partial charge is 0.226 e. The van der Waals surface area contributed by atoms with Gasteiger partial charge in [-0.15, -0.1) is 0 Å². The van der Waals surface area contributed by atoms with Crippen molar-refractivity contribution in [1.82, 2.24) is 9.80 Å². The number of nitrogens with zero attached hydrogens (tertiary/aromatic N) is 2. The van der Waals surface area contributed by atoms with E-state index in [9.17, 15) is 9.90 Å². The van der Waals surface area contributed by atoms with E-state index in [1.165, 1.54) is 5.56 Å². The van der Waals surface area contributed by atoms with Crippen LogP contribution < -0.4 is 4.74 Å². The number of benzene rings is 2. The number of aliphatic hydroxyl groups excluding tert-OH is 1. The van der Waals surface area contributed by atoms with E-state index in [1.54, 1.807) is 7.11 Å². The summed E-state index contributed by atoms with van der Waals surface area (Å²) in [6.07, 6.45) is 2.64. The number of β-amino-alcohol motifs (C(OH)–C–C–N with tert-alkyl or cyclic N) is 1. The van der Waals surface area contributed by atoms with Crippen LogP contribution in [-0.4, -0.2) is 61.2 Å². The van der Waals surface area contributed by atoms with Gasteiger partial charge >= 0.3 is 0 Å². The monoisotopic (exact) mass is 422 g/mol. The zero-order valence-corrected chi connectivity index (χ0v) is 18.6. The van der Waals surface area contributed by atoms with Crippen molar-refractivity contribution < 1.29 is 14.6 Å². The minimum Gasteiger partial charge on any atom is -0.497 e. The van der Waals surface area contributed by atoms with Crippen LogP contribution >= 0.6 is 0 Å². The Hall–Kier alpha value is -2.37. The molecule has 0 unspecified atom stereocenters. The molecule has 1 saturated heterocycles. The molecule has 0 bridgehead atoms. The molecule has 1 aliphatic heterocycles. The van der Waals surface area contributed by atoms with Crippen molar-refractivity contribution in [2.24, 2.45) is 11.8 Å². The van der Waals surface area contributed by atoms with Gasteiger partial charge in [-0.1, -0.05) is 42.5 Å². The van der Waals surface area contributed by atoms with Crippen molar-refractivity contribution in [1.29, 1.82) is 0 Å². The normalized spacial score (nSPS) is 22.7. The quantitative estimate of drug-likeness (QED) is 0.705. The summed E-state index contributed by atoms with van der Waals surface area (Å²) in [5.74, 6) is 2.10. The van der Waals surface area contributed by atoms with E-state index in [-0.39, 0.29) is 11.8 Å². The van der Waals surface area contributed by atoms with Gasteiger partial charge in [-0.3, -0.25) is 4.79 Å². The van der Waals surface area contributed by atoms with Crippen molar-refractivity contribution >= 4 is 5.91 Å². The molecule has 31 heavy (non-hydrogen) atoms. The van der Waals surface area contributed by atoms with Crippen LogP contribution in [-0.2, 0) is 4.79 Å². The van der Waals surface area contributed by atoms with Crippen molar-refractivity contribution in [2.45, 2.75) is 31.3 Å². The van der Waals surface area contributed by atoms with E-state index in [0.717, 1.165) is 50.2 Å². The molecule has 1 heterocycles. The molecule has 3 atom stereocenters. The second kappa shape index (κ2) is 9.84. The first-order valence-corrected chi connectivity index (χ1v) is 11.4. The molecule has 0 spiro atoms. The molecule has 0 aromatic heterocycles. The lowest BCUT2D eigenvalue weighted by Gasteiger charge is -2.35. The molecule has 1 amide bonds. The molecule has 4 rings (SSSR count). The largest absolute Gasteiger partial charge is 0.497 e. The van der Waals surface area contributed by atoms with E-state index >= 15 is 0 Å². The topological polar surface area (TPSA) is 53.0 Å². The van der Waals surface area contributed by atoms with Gasteiger partial charge in [0.15, 0.2) is 0 Å². The van der Waals surface area contributed by atoms with E-state index in [2.05, 4.69) is 17.0 Å². The van der Waals surface area contributed by atoms with Gasteiger partial charge in [-0.2, -0.15) is 0 Å². The number of methoxy groups -OCH3 is 1. The summed E-state index contributed by atoms with van der Waals surface area (Å²) < 4.78 is 5.32. The maximum Gasteiger partial charge on any atom is 0.226 e. The highest BCUT2D eigenvalue weighted by Crippen LogP contribution is 2.49. The molecule has 5 heteroatoms. The fourth-order valence-electron chi connectivity index (χ4n) is 4.85. The van der Waals surface area contributed by atoms with Gasteiger partial charge in [0, 0.05) is 26.1 Å². The molecule has 1 saturated carbocycles. The maximum absolute atomic E-state index is 12.9. The van der Waals surface area contributed by atoms with Crippen molar-refractivity contribution in [2.75, 3.05) is 40.3 Å². The van der Waals surface area contributed by atoms with Gasteiger partial charge in [-0.05, 0) is 67.4 Å². The highest BCUT2D eigenvalue weighted by Gasteiger charge is 2.45. The van der Waals surface area contributed by atoms with Crippen LogP contribution in [0.2, 0.25) is 0 Å². The lowest BCUT2D eigenvalue weighted by atomic mass is 9.95. The van der Waals surface area contributed by atoms with Crippen LogP contribution in [0.15, 0.2) is 54.6 Å². The maximum atomic E-state index is 12.9. The fourth-order valence-corrected chi connectivity index (χ4v) is 4.85. The summed E-state index contributed by atoms with van der Waals surface area (Å²) in [6.45, 7) is 3.46. The number of likely N-dealkylation sites (tertiary alicyclic amines) is 1. The summed E-state index contributed by atoms with van der Waals surface area (Å²) >= 11 is 0. The summed E-state index contributed by atoms with van der Waals surface area (Å²) in [5.41, 5.74) is 2.18. The van der Waals surface area contributed by atoms with Gasteiger partial charge in [0.05, 0.1) is 13.2 Å². The lowest BCUT2D eigenvalue weighted by molar-refractivity contribution is -0.132. The molecule has 0 radical (unpaired) electrons. The Balaban J connectivity index is 1.21. The third kappa shape index (κ3) is 5.46. The molecule has 166 valence electrons. The van der Waals surface area contributed by atoms with Crippen LogP contribution in [0.3, 0.4) is 0 Å². The van der Waals surface area contributed by atoms with Gasteiger partial charge in [0.2, 0.25) is 5.91 Å². The van der Waals surface area contributed by atoms with Crippen LogP contribution in [0.25, 0.3) is 0 Å². The summed E-state index contributed by atoms with van der Waals surface area (Å²) in [7, 11) is 3.63. The molecule has 5 nitrogen and oxygen atoms in total. The minimum absolute atomic E-state index is 0.109. The second-order valence-electron chi connectivity index (χ2n) is 9.11. The zero-order chi connectivity index (χ0) is 21.8. The first kappa shape index (κ1) is 21.8. The summed E-state index contributed by atoms with van der Waals surface area (Å²) in [4.78, 5) is 17.2. The van der Waals surface area contributed by atoms with Crippen LogP contribution in [0.1, 0.15) is 42.4 Å². The third-order valence-electron chi connectivity index (χ3n) is 6.86. The summed E-state index contributed by atoms with van der Waals surface area (Å²) in [6, 6.07) is 18.0. The van der Waals surface area contributed by atoms with E-state index in [1.807, 2.05) is 54.4 Å². The summed E-state index contributed by atoms with van der Waals surface area (Å²) in [5, 5.41) is 10.5. The van der Waals surface area contributed by atoms with Crippen molar-refractivity contribution in [3.8, 4) is 5.75 Å². The predicted octanol–water partition coefficient (Wildman–Crippen LogP) is 3.70. The van der Waals surface area contributed by atoms with Crippen molar-refractivity contribution in [3.05, 3.63) is 65.7 Å². The number of aliphatic hydroxyl groups is 1. The molecular formula is C26H34N2O3. The minimum atomic E-state index is -0.439. The predicted molar refractivity (Wildman–Crippen MR) is 122 cm³/mol. The molecular weight excluding hydrogens is 388 g/mol. The van der Waals surface area contributed by atoms with Crippen LogP contribution in [0.5, 0.6) is 5.75 Å². The number of amides is 1. The first-order valence-electron chi connectivity index (χ1n) is 11.4. The molecule has 2 fully saturated rings. The molecule has 1 N–H and O–H groups in total. The van der Waals surface area contributed by atoms with Crippen molar-refractivity contribution in [3.63, 3.8) is 0 Å².